The third kappa shape index (κ3) is 3.50. The summed E-state index contributed by atoms with van der Waals surface area (Å²) in [6.07, 6.45) is 9.95. The maximum atomic E-state index is 10.7. The van der Waals surface area contributed by atoms with Crippen LogP contribution in [0.1, 0.15) is 74.7 Å². The average molecular weight is 308 g/mol. The maximum absolute atomic E-state index is 10.7. The number of hydrogen-bond donors (Lipinski definition) is 1. The number of aliphatic hydroxyl groups excluding tert-OH is 1. The Kier molecular flexibility index (Phi) is 5.51. The maximum Gasteiger partial charge on any atom is 0.106 e. The zero-order valence-corrected chi connectivity index (χ0v) is 14.2. The Hall–Kier alpha value is -1.60. The number of aliphatic hydroxyl groups is 1. The number of unbranched alkanes of at least 4 members (excludes halogenated alkanes) is 6. The summed E-state index contributed by atoms with van der Waals surface area (Å²) in [6, 6.07) is 14.8. The Morgan fingerprint density at radius 2 is 1.48 bits per heavy atom. The minimum atomic E-state index is -0.443. The van der Waals surface area contributed by atoms with Crippen molar-refractivity contribution in [2.45, 2.75) is 64.4 Å². The first-order valence-corrected chi connectivity index (χ1v) is 9.22. The summed E-state index contributed by atoms with van der Waals surface area (Å²) in [6.45, 7) is 2.26. The van der Waals surface area contributed by atoms with E-state index in [1.165, 1.54) is 61.6 Å². The zero-order chi connectivity index (χ0) is 16.1. The van der Waals surface area contributed by atoms with Crippen LogP contribution in [0.15, 0.2) is 42.5 Å². The topological polar surface area (TPSA) is 20.2 Å². The van der Waals surface area contributed by atoms with Gasteiger partial charge in [-0.15, -0.1) is 0 Å². The molecule has 122 valence electrons. The molecule has 2 aromatic rings. The fourth-order valence-corrected chi connectivity index (χ4v) is 3.80. The van der Waals surface area contributed by atoms with E-state index in [2.05, 4.69) is 43.3 Å². The second kappa shape index (κ2) is 7.79. The van der Waals surface area contributed by atoms with Crippen LogP contribution in [-0.2, 0) is 6.42 Å². The van der Waals surface area contributed by atoms with Crippen LogP contribution in [0.2, 0.25) is 0 Å². The molecule has 1 N–H and O–H groups in total. The molecule has 1 nitrogen and oxygen atoms in total. The average Bonchev–Trinajstić information content (AvgIpc) is 2.88. The van der Waals surface area contributed by atoms with Gasteiger partial charge in [-0.25, -0.2) is 0 Å². The standard InChI is InChI=1S/C22H28O/c1-2-3-4-5-6-7-8-12-17-13-11-16-19-18-14-9-10-15-20(18)22(23)21(17)19/h9-11,13-16,22-23H,2-8,12H2,1H3. The van der Waals surface area contributed by atoms with E-state index in [0.29, 0.717) is 0 Å². The van der Waals surface area contributed by atoms with Gasteiger partial charge in [0.15, 0.2) is 0 Å². The molecule has 1 atom stereocenters. The highest BCUT2D eigenvalue weighted by Gasteiger charge is 2.28. The summed E-state index contributed by atoms with van der Waals surface area (Å²) < 4.78 is 0. The summed E-state index contributed by atoms with van der Waals surface area (Å²) in [7, 11) is 0. The first-order valence-electron chi connectivity index (χ1n) is 9.22. The zero-order valence-electron chi connectivity index (χ0n) is 14.2. The van der Waals surface area contributed by atoms with E-state index in [4.69, 9.17) is 0 Å². The monoisotopic (exact) mass is 308 g/mol. The molecular weight excluding hydrogens is 280 g/mol. The molecule has 3 rings (SSSR count). The fourth-order valence-electron chi connectivity index (χ4n) is 3.80. The van der Waals surface area contributed by atoms with E-state index in [0.717, 1.165) is 17.5 Å². The summed E-state index contributed by atoms with van der Waals surface area (Å²) >= 11 is 0. The molecule has 0 fully saturated rings. The molecular formula is C22H28O. The minimum Gasteiger partial charge on any atom is -0.384 e. The molecule has 1 unspecified atom stereocenters. The first-order chi connectivity index (χ1) is 11.3. The van der Waals surface area contributed by atoms with E-state index < -0.39 is 6.10 Å². The first kappa shape index (κ1) is 16.3. The van der Waals surface area contributed by atoms with Gasteiger partial charge in [-0.2, -0.15) is 0 Å². The summed E-state index contributed by atoms with van der Waals surface area (Å²) in [5, 5.41) is 10.7. The van der Waals surface area contributed by atoms with Crippen LogP contribution >= 0.6 is 0 Å². The molecule has 23 heavy (non-hydrogen) atoms. The van der Waals surface area contributed by atoms with E-state index in [1.807, 2.05) is 6.07 Å². The predicted octanol–water partition coefficient (Wildman–Crippen LogP) is 6.04. The highest BCUT2D eigenvalue weighted by atomic mass is 16.3. The van der Waals surface area contributed by atoms with Crippen molar-refractivity contribution in [1.29, 1.82) is 0 Å². The van der Waals surface area contributed by atoms with E-state index in [-0.39, 0.29) is 0 Å². The largest absolute Gasteiger partial charge is 0.384 e. The van der Waals surface area contributed by atoms with Crippen LogP contribution in [0.3, 0.4) is 0 Å². The van der Waals surface area contributed by atoms with Gasteiger partial charge < -0.3 is 5.11 Å². The van der Waals surface area contributed by atoms with Crippen LogP contribution in [0.25, 0.3) is 11.1 Å². The van der Waals surface area contributed by atoms with Crippen LogP contribution in [0.4, 0.5) is 0 Å². The van der Waals surface area contributed by atoms with Crippen LogP contribution in [0, 0.1) is 0 Å². The second-order valence-corrected chi connectivity index (χ2v) is 6.74. The van der Waals surface area contributed by atoms with Crippen molar-refractivity contribution in [3.05, 3.63) is 59.2 Å². The van der Waals surface area contributed by atoms with Gasteiger partial charge in [0, 0.05) is 0 Å². The van der Waals surface area contributed by atoms with Gasteiger partial charge in [0.2, 0.25) is 0 Å². The van der Waals surface area contributed by atoms with Crippen molar-refractivity contribution < 1.29 is 5.11 Å². The third-order valence-electron chi connectivity index (χ3n) is 5.07. The van der Waals surface area contributed by atoms with Gasteiger partial charge in [-0.05, 0) is 40.7 Å². The van der Waals surface area contributed by atoms with Gasteiger partial charge >= 0.3 is 0 Å². The third-order valence-corrected chi connectivity index (χ3v) is 5.07. The Balaban J connectivity index is 1.63. The van der Waals surface area contributed by atoms with E-state index in [1.54, 1.807) is 0 Å². The SMILES string of the molecule is CCCCCCCCCc1cccc2c1C(O)c1ccccc1-2. The van der Waals surface area contributed by atoms with Crippen LogP contribution < -0.4 is 0 Å². The lowest BCUT2D eigenvalue weighted by Gasteiger charge is -2.12. The van der Waals surface area contributed by atoms with E-state index >= 15 is 0 Å². The van der Waals surface area contributed by atoms with Gasteiger partial charge in [0.25, 0.3) is 0 Å². The number of aryl methyl sites for hydroxylation is 1. The Bertz CT molecular complexity index is 644. The summed E-state index contributed by atoms with van der Waals surface area (Å²) in [5.74, 6) is 0. The molecule has 0 bridgehead atoms. The number of benzene rings is 2. The lowest BCUT2D eigenvalue weighted by atomic mass is 9.95. The van der Waals surface area contributed by atoms with Crippen LogP contribution in [-0.4, -0.2) is 5.11 Å². The molecule has 0 radical (unpaired) electrons. The van der Waals surface area contributed by atoms with Crippen LogP contribution in [0.5, 0.6) is 0 Å². The van der Waals surface area contributed by atoms with Crippen molar-refractivity contribution in [2.75, 3.05) is 0 Å². The summed E-state index contributed by atoms with van der Waals surface area (Å²) in [5.41, 5.74) is 5.99. The molecule has 0 saturated carbocycles. The predicted molar refractivity (Wildman–Crippen MR) is 97.6 cm³/mol. The molecule has 1 aliphatic rings. The molecule has 0 aromatic heterocycles. The van der Waals surface area contributed by atoms with Crippen molar-refractivity contribution >= 4 is 0 Å². The van der Waals surface area contributed by atoms with Gasteiger partial charge in [0.05, 0.1) is 0 Å². The summed E-state index contributed by atoms with van der Waals surface area (Å²) in [4.78, 5) is 0. The molecule has 0 saturated heterocycles. The van der Waals surface area contributed by atoms with Crippen molar-refractivity contribution in [3.63, 3.8) is 0 Å². The molecule has 1 aliphatic carbocycles. The highest BCUT2D eigenvalue weighted by Crippen LogP contribution is 2.44. The normalized spacial score (nSPS) is 15.5. The molecule has 0 amide bonds. The number of fused-ring (bicyclic) bond motifs is 3. The van der Waals surface area contributed by atoms with Crippen molar-refractivity contribution in [2.24, 2.45) is 0 Å². The lowest BCUT2D eigenvalue weighted by molar-refractivity contribution is 0.224. The molecule has 2 aromatic carbocycles. The van der Waals surface area contributed by atoms with Crippen molar-refractivity contribution in [3.8, 4) is 11.1 Å². The van der Waals surface area contributed by atoms with Crippen molar-refractivity contribution in [1.82, 2.24) is 0 Å². The van der Waals surface area contributed by atoms with Gasteiger partial charge in [0.1, 0.15) is 6.10 Å². The Morgan fingerprint density at radius 1 is 0.783 bits per heavy atom. The quantitative estimate of drug-likeness (QED) is 0.589. The van der Waals surface area contributed by atoms with Gasteiger partial charge in [-0.3, -0.25) is 0 Å². The molecule has 1 heteroatoms. The van der Waals surface area contributed by atoms with E-state index in [9.17, 15) is 5.11 Å². The molecule has 0 aliphatic heterocycles. The fraction of sp³-hybridized carbons (Fsp3) is 0.455. The second-order valence-electron chi connectivity index (χ2n) is 6.74. The highest BCUT2D eigenvalue weighted by molar-refractivity contribution is 5.79. The number of rotatable bonds is 8. The Morgan fingerprint density at radius 3 is 2.30 bits per heavy atom. The molecule has 0 heterocycles. The number of hydrogen-bond acceptors (Lipinski definition) is 1. The lowest BCUT2D eigenvalue weighted by Crippen LogP contribution is -2.00. The molecule has 0 spiro atoms. The minimum absolute atomic E-state index is 0.443. The smallest absolute Gasteiger partial charge is 0.106 e. The Labute approximate surface area is 140 Å². The van der Waals surface area contributed by atoms with Gasteiger partial charge in [-0.1, -0.05) is 87.9 Å².